The van der Waals surface area contributed by atoms with Gasteiger partial charge in [-0.2, -0.15) is 0 Å². The molecule has 14 heteroatoms. The summed E-state index contributed by atoms with van der Waals surface area (Å²) in [6.07, 6.45) is 2.26. The molecule has 0 saturated carbocycles. The minimum absolute atomic E-state index is 0.0176. The van der Waals surface area contributed by atoms with Crippen molar-refractivity contribution < 1.29 is 32.5 Å². The topological polar surface area (TPSA) is 145 Å². The zero-order chi connectivity index (χ0) is 33.7. The van der Waals surface area contributed by atoms with Crippen LogP contribution >= 0.6 is 11.6 Å². The number of amides is 1. The third-order valence-electron chi connectivity index (χ3n) is 9.10. The van der Waals surface area contributed by atoms with E-state index in [4.69, 9.17) is 21.1 Å². The molecule has 0 aliphatic carbocycles. The molecule has 3 aromatic carbocycles. The lowest BCUT2D eigenvalue weighted by Gasteiger charge is -2.35. The number of nitrogens with zero attached hydrogens (tertiary/aromatic N) is 2. The van der Waals surface area contributed by atoms with Crippen LogP contribution < -0.4 is 19.8 Å². The van der Waals surface area contributed by atoms with Crippen LogP contribution in [-0.4, -0.2) is 84.4 Å². The Morgan fingerprint density at radius 1 is 0.979 bits per heavy atom. The monoisotopic (exact) mass is 696 g/mol. The molecule has 0 radical (unpaired) electrons. The van der Waals surface area contributed by atoms with E-state index in [1.165, 1.54) is 33.7 Å². The maximum Gasteiger partial charge on any atom is 0.293 e. The summed E-state index contributed by atoms with van der Waals surface area (Å²) in [6, 6.07) is 18.4. The minimum atomic E-state index is -4.37. The van der Waals surface area contributed by atoms with Crippen molar-refractivity contribution in [2.24, 2.45) is 0 Å². The van der Waals surface area contributed by atoms with E-state index in [0.29, 0.717) is 32.7 Å². The summed E-state index contributed by atoms with van der Waals surface area (Å²) < 4.78 is 39.3. The van der Waals surface area contributed by atoms with Crippen LogP contribution in [0.5, 0.6) is 0 Å². The van der Waals surface area contributed by atoms with Gasteiger partial charge in [0.25, 0.3) is 21.6 Å². The molecule has 48 heavy (non-hydrogen) atoms. The van der Waals surface area contributed by atoms with Crippen molar-refractivity contribution in [1.82, 2.24) is 4.72 Å². The van der Waals surface area contributed by atoms with Gasteiger partial charge < -0.3 is 24.6 Å². The summed E-state index contributed by atoms with van der Waals surface area (Å²) in [5.74, 6) is -0.817. The Labute approximate surface area is 284 Å². The van der Waals surface area contributed by atoms with Crippen LogP contribution in [0.25, 0.3) is 5.57 Å². The summed E-state index contributed by atoms with van der Waals surface area (Å²) in [6.45, 7) is 6.90. The molecule has 3 N–H and O–H groups in total. The van der Waals surface area contributed by atoms with Crippen molar-refractivity contribution in [1.29, 1.82) is 0 Å². The quantitative estimate of drug-likeness (QED) is 0.214. The molecular formula is C34H39ClN5O7S+. The van der Waals surface area contributed by atoms with E-state index >= 15 is 0 Å². The molecule has 0 bridgehead atoms. The van der Waals surface area contributed by atoms with Crippen molar-refractivity contribution in [3.8, 4) is 0 Å². The predicted molar refractivity (Wildman–Crippen MR) is 183 cm³/mol. The molecule has 3 aliphatic rings. The Hall–Kier alpha value is -4.01. The first-order valence-corrected chi connectivity index (χ1v) is 18.0. The molecule has 3 aromatic rings. The molecule has 0 atom stereocenters. The Bertz CT molecular complexity index is 1770. The van der Waals surface area contributed by atoms with Gasteiger partial charge in [-0.25, -0.2) is 13.1 Å². The SMILES string of the molecule is O=C(NS(=O)(=O)c1ccc(NC2CCOCC2)c([N+](=O)[O-])c1)c1ccc(N2CC[NH+](CC3=C(c4ccc(Cl)cc4)CCOC3)CC2)cc1. The van der Waals surface area contributed by atoms with Gasteiger partial charge in [0.2, 0.25) is 0 Å². The molecule has 254 valence electrons. The normalized spacial score (nSPS) is 18.1. The highest BCUT2D eigenvalue weighted by Gasteiger charge is 2.27. The number of rotatable bonds is 10. The van der Waals surface area contributed by atoms with Crippen LogP contribution in [0.4, 0.5) is 17.1 Å². The Kier molecular flexibility index (Phi) is 10.6. The number of ether oxygens (including phenoxy) is 2. The fourth-order valence-corrected chi connectivity index (χ4v) is 7.55. The Morgan fingerprint density at radius 3 is 2.38 bits per heavy atom. The molecule has 2 fully saturated rings. The van der Waals surface area contributed by atoms with E-state index in [1.807, 2.05) is 24.3 Å². The highest BCUT2D eigenvalue weighted by molar-refractivity contribution is 7.90. The van der Waals surface area contributed by atoms with E-state index in [1.54, 1.807) is 12.1 Å². The molecule has 1 amide bonds. The van der Waals surface area contributed by atoms with Crippen molar-refractivity contribution in [2.45, 2.75) is 30.2 Å². The fraction of sp³-hybridized carbons (Fsp3) is 0.382. The van der Waals surface area contributed by atoms with Gasteiger partial charge in [-0.15, -0.1) is 0 Å². The van der Waals surface area contributed by atoms with Gasteiger partial charge in [0, 0.05) is 47.2 Å². The van der Waals surface area contributed by atoms with Crippen molar-refractivity contribution >= 4 is 50.2 Å². The van der Waals surface area contributed by atoms with E-state index in [2.05, 4.69) is 27.1 Å². The predicted octanol–water partition coefficient (Wildman–Crippen LogP) is 3.54. The molecule has 6 rings (SSSR count). The smallest absolute Gasteiger partial charge is 0.293 e. The molecule has 0 spiro atoms. The Balaban J connectivity index is 1.05. The number of quaternary nitrogens is 1. The van der Waals surface area contributed by atoms with Crippen LogP contribution in [-0.2, 0) is 19.5 Å². The number of nitro benzene ring substituents is 1. The number of hydrogen-bond acceptors (Lipinski definition) is 9. The number of sulfonamides is 1. The number of benzene rings is 3. The van der Waals surface area contributed by atoms with Crippen LogP contribution in [0.15, 0.2) is 77.2 Å². The second-order valence-electron chi connectivity index (χ2n) is 12.3. The van der Waals surface area contributed by atoms with Gasteiger partial charge in [0.15, 0.2) is 0 Å². The van der Waals surface area contributed by atoms with E-state index in [0.717, 1.165) is 62.5 Å². The number of anilines is 2. The molecule has 12 nitrogen and oxygen atoms in total. The van der Waals surface area contributed by atoms with Crippen LogP contribution in [0.3, 0.4) is 0 Å². The van der Waals surface area contributed by atoms with Crippen molar-refractivity contribution in [3.63, 3.8) is 0 Å². The largest absolute Gasteiger partial charge is 0.381 e. The van der Waals surface area contributed by atoms with Gasteiger partial charge in [-0.05, 0) is 78.9 Å². The average molecular weight is 697 g/mol. The van der Waals surface area contributed by atoms with Crippen LogP contribution in [0, 0.1) is 10.1 Å². The maximum atomic E-state index is 13.1. The number of carbonyl (C=O) groups excluding carboxylic acids is 1. The van der Waals surface area contributed by atoms with E-state index in [-0.39, 0.29) is 27.9 Å². The highest BCUT2D eigenvalue weighted by atomic mass is 35.5. The zero-order valence-corrected chi connectivity index (χ0v) is 28.0. The first-order chi connectivity index (χ1) is 23.2. The number of nitrogens with one attached hydrogen (secondary N) is 3. The summed E-state index contributed by atoms with van der Waals surface area (Å²) in [5.41, 5.74) is 4.82. The summed E-state index contributed by atoms with van der Waals surface area (Å²) >= 11 is 6.10. The second kappa shape index (κ2) is 15.0. The summed E-state index contributed by atoms with van der Waals surface area (Å²) in [4.78, 5) is 27.5. The standard InChI is InChI=1S/C34H38ClN5O7S/c35-27-5-1-24(2-6-27)31-13-20-47-23-26(31)22-38-14-16-39(17-15-38)29-7-3-25(4-8-29)34(41)37-48(44,45)30-9-10-32(33(21-30)40(42)43)36-28-11-18-46-19-12-28/h1-10,21,28,36H,11-20,22-23H2,(H,37,41)/p+1. The highest BCUT2D eigenvalue weighted by Crippen LogP contribution is 2.30. The van der Waals surface area contributed by atoms with Gasteiger partial charge in [0.05, 0.1) is 49.2 Å². The van der Waals surface area contributed by atoms with E-state index in [9.17, 15) is 23.3 Å². The molecular weight excluding hydrogens is 658 g/mol. The number of carbonyl (C=O) groups is 1. The van der Waals surface area contributed by atoms with Gasteiger partial charge in [-0.3, -0.25) is 14.9 Å². The Morgan fingerprint density at radius 2 is 1.69 bits per heavy atom. The number of piperazine rings is 1. The number of nitro groups is 1. The van der Waals surface area contributed by atoms with Crippen molar-refractivity contribution in [3.05, 3.63) is 98.6 Å². The number of hydrogen-bond donors (Lipinski definition) is 3. The summed E-state index contributed by atoms with van der Waals surface area (Å²) in [5, 5.41) is 15.6. The van der Waals surface area contributed by atoms with E-state index < -0.39 is 20.9 Å². The molecule has 0 aromatic heterocycles. The fourth-order valence-electron chi connectivity index (χ4n) is 6.43. The third kappa shape index (κ3) is 8.16. The van der Waals surface area contributed by atoms with Gasteiger partial charge in [0.1, 0.15) is 12.2 Å². The third-order valence-corrected chi connectivity index (χ3v) is 10.7. The molecule has 0 unspecified atom stereocenters. The number of halogens is 1. The average Bonchev–Trinajstić information content (AvgIpc) is 3.09. The zero-order valence-electron chi connectivity index (χ0n) is 26.5. The molecule has 3 aliphatic heterocycles. The summed E-state index contributed by atoms with van der Waals surface area (Å²) in [7, 11) is -4.37. The lowest BCUT2D eigenvalue weighted by Crippen LogP contribution is -3.15. The molecule has 2 saturated heterocycles. The van der Waals surface area contributed by atoms with Crippen molar-refractivity contribution in [2.75, 3.05) is 69.4 Å². The lowest BCUT2D eigenvalue weighted by molar-refractivity contribution is -0.895. The maximum absolute atomic E-state index is 13.1. The first-order valence-electron chi connectivity index (χ1n) is 16.1. The lowest BCUT2D eigenvalue weighted by atomic mass is 9.95. The van der Waals surface area contributed by atoms with Gasteiger partial charge >= 0.3 is 0 Å². The molecule has 3 heterocycles. The first kappa shape index (κ1) is 33.9. The van der Waals surface area contributed by atoms with Gasteiger partial charge in [-0.1, -0.05) is 23.7 Å². The van der Waals surface area contributed by atoms with Crippen LogP contribution in [0.1, 0.15) is 35.2 Å². The minimum Gasteiger partial charge on any atom is -0.381 e. The second-order valence-corrected chi connectivity index (χ2v) is 14.4. The van der Waals surface area contributed by atoms with Crippen LogP contribution in [0.2, 0.25) is 5.02 Å².